The van der Waals surface area contributed by atoms with Crippen LogP contribution in [0.25, 0.3) is 0 Å². The number of alkyl halides is 9. The number of pyridine rings is 1. The molecule has 3 aliphatic rings. The third-order valence-electron chi connectivity index (χ3n) is 7.02. The second-order valence-corrected chi connectivity index (χ2v) is 10.2. The van der Waals surface area contributed by atoms with Crippen molar-refractivity contribution in [2.24, 2.45) is 5.92 Å². The molecule has 3 fully saturated rings. The summed E-state index contributed by atoms with van der Waals surface area (Å²) in [5, 5.41) is 21.4. The van der Waals surface area contributed by atoms with Crippen LogP contribution >= 0.6 is 0 Å². The summed E-state index contributed by atoms with van der Waals surface area (Å²) in [6, 6.07) is 6.75. The summed E-state index contributed by atoms with van der Waals surface area (Å²) in [4.78, 5) is 36.3. The Morgan fingerprint density at radius 1 is 0.864 bits per heavy atom. The smallest absolute Gasteiger partial charge is 0.477 e. The Kier molecular flexibility index (Phi) is 14.2. The molecule has 0 aromatic carbocycles. The van der Waals surface area contributed by atoms with Crippen LogP contribution in [0.3, 0.4) is 0 Å². The summed E-state index contributed by atoms with van der Waals surface area (Å²) < 4.78 is 101. The molecule has 2 aliphatic heterocycles. The average Bonchev–Trinajstić information content (AvgIpc) is 3.41. The van der Waals surface area contributed by atoms with Crippen molar-refractivity contribution in [2.75, 3.05) is 33.3 Å². The normalized spacial score (nSPS) is 20.5. The van der Waals surface area contributed by atoms with E-state index in [9.17, 15) is 39.5 Å². The molecule has 252 valence electrons. The highest BCUT2D eigenvalue weighted by atomic mass is 19.4. The van der Waals surface area contributed by atoms with E-state index in [-0.39, 0.29) is 0 Å². The van der Waals surface area contributed by atoms with E-state index in [0.29, 0.717) is 11.5 Å². The summed E-state index contributed by atoms with van der Waals surface area (Å²) in [6.45, 7) is 4.56. The molecule has 1 aromatic rings. The van der Waals surface area contributed by atoms with Crippen molar-refractivity contribution in [1.82, 2.24) is 14.8 Å². The number of carbonyl (C=O) groups is 3. The lowest BCUT2D eigenvalue weighted by atomic mass is 9.74. The van der Waals surface area contributed by atoms with Crippen molar-refractivity contribution >= 4 is 17.9 Å². The Bertz CT molecular complexity index is 1000. The maximum atomic E-state index is 10.6. The molecule has 0 bridgehead atoms. The molecule has 1 saturated carbocycles. The minimum absolute atomic E-state index is 0.416. The van der Waals surface area contributed by atoms with Crippen LogP contribution in [0.1, 0.15) is 38.5 Å². The van der Waals surface area contributed by atoms with Crippen LogP contribution in [-0.2, 0) is 14.4 Å². The van der Waals surface area contributed by atoms with Gasteiger partial charge >= 0.3 is 36.4 Å². The van der Waals surface area contributed by atoms with Crippen LogP contribution in [0, 0.1) is 5.92 Å². The first-order valence-corrected chi connectivity index (χ1v) is 13.0. The zero-order chi connectivity index (χ0) is 33.9. The standard InChI is InChI=1S/C19H29N3O.3C2HF3O2/c1-21-11-9-16(13-23-18-8-4-5-10-20-18)12-19(21)14-22(15-19)17-6-2-3-7-17;3*3-2(4,5)1(6)7/h4-5,8,10,16-17H,2-3,6-7,9,11-15H2,1H3;3*(H,6,7). The number of halogens is 9. The highest BCUT2D eigenvalue weighted by Gasteiger charge is 2.51. The molecular weight excluding hydrogens is 625 g/mol. The van der Waals surface area contributed by atoms with Crippen LogP contribution in [-0.4, -0.2) is 111 Å². The van der Waals surface area contributed by atoms with E-state index in [1.165, 1.54) is 58.2 Å². The molecule has 0 radical (unpaired) electrons. The minimum Gasteiger partial charge on any atom is -0.477 e. The molecule has 10 nitrogen and oxygen atoms in total. The molecule has 1 spiro atoms. The van der Waals surface area contributed by atoms with Gasteiger partial charge in [-0.25, -0.2) is 19.4 Å². The summed E-state index contributed by atoms with van der Waals surface area (Å²) in [5.74, 6) is -6.84. The Balaban J connectivity index is 0.000000379. The molecule has 19 heteroatoms. The first-order valence-electron chi connectivity index (χ1n) is 13.0. The number of aromatic nitrogens is 1. The maximum Gasteiger partial charge on any atom is 0.490 e. The third kappa shape index (κ3) is 13.1. The average molecular weight is 658 g/mol. The number of carboxylic acid groups (broad SMARTS) is 3. The second-order valence-electron chi connectivity index (χ2n) is 10.2. The number of likely N-dealkylation sites (tertiary alicyclic amines) is 2. The number of carboxylic acids is 3. The summed E-state index contributed by atoms with van der Waals surface area (Å²) in [7, 11) is 2.32. The molecule has 3 heterocycles. The quantitative estimate of drug-likeness (QED) is 0.391. The lowest BCUT2D eigenvalue weighted by Gasteiger charge is -2.60. The van der Waals surface area contributed by atoms with E-state index in [1.807, 2.05) is 18.2 Å². The Hall–Kier alpha value is -3.35. The van der Waals surface area contributed by atoms with Gasteiger partial charge in [0, 0.05) is 36.9 Å². The molecule has 4 rings (SSSR count). The highest BCUT2D eigenvalue weighted by molar-refractivity contribution is 5.73. The van der Waals surface area contributed by atoms with Gasteiger partial charge in [-0.2, -0.15) is 39.5 Å². The third-order valence-corrected chi connectivity index (χ3v) is 7.02. The molecule has 2 saturated heterocycles. The fourth-order valence-corrected chi connectivity index (χ4v) is 4.79. The second kappa shape index (κ2) is 16.1. The van der Waals surface area contributed by atoms with E-state index in [2.05, 4.69) is 21.8 Å². The lowest BCUT2D eigenvalue weighted by Crippen LogP contribution is -2.73. The van der Waals surface area contributed by atoms with Gasteiger partial charge in [-0.15, -0.1) is 0 Å². The van der Waals surface area contributed by atoms with Crippen molar-refractivity contribution in [2.45, 2.75) is 68.6 Å². The van der Waals surface area contributed by atoms with E-state index in [1.54, 1.807) is 6.20 Å². The van der Waals surface area contributed by atoms with E-state index < -0.39 is 36.4 Å². The first-order chi connectivity index (χ1) is 20.1. The van der Waals surface area contributed by atoms with Crippen molar-refractivity contribution in [3.05, 3.63) is 24.4 Å². The number of hydrogen-bond donors (Lipinski definition) is 3. The molecule has 0 amide bonds. The van der Waals surface area contributed by atoms with Gasteiger partial charge in [0.25, 0.3) is 0 Å². The van der Waals surface area contributed by atoms with E-state index in [0.717, 1.165) is 18.5 Å². The Morgan fingerprint density at radius 3 is 1.70 bits per heavy atom. The number of rotatable bonds is 4. The predicted molar refractivity (Wildman–Crippen MR) is 133 cm³/mol. The molecule has 1 atom stereocenters. The summed E-state index contributed by atoms with van der Waals surface area (Å²) >= 11 is 0. The number of aliphatic carboxylic acids is 3. The first kappa shape index (κ1) is 38.7. The molecule has 1 aromatic heterocycles. The Morgan fingerprint density at radius 2 is 1.32 bits per heavy atom. The van der Waals surface area contributed by atoms with Crippen molar-refractivity contribution in [3.8, 4) is 5.88 Å². The minimum atomic E-state index is -5.08. The monoisotopic (exact) mass is 657 g/mol. The lowest BCUT2D eigenvalue weighted by molar-refractivity contribution is -0.193. The van der Waals surface area contributed by atoms with Gasteiger partial charge in [0.2, 0.25) is 5.88 Å². The summed E-state index contributed by atoms with van der Waals surface area (Å²) in [6.07, 6.45) is -5.21. The molecular formula is C25H32F9N3O7. The van der Waals surface area contributed by atoms with Gasteiger partial charge in [0.05, 0.1) is 6.61 Å². The fourth-order valence-electron chi connectivity index (χ4n) is 4.79. The Labute approximate surface area is 245 Å². The van der Waals surface area contributed by atoms with Gasteiger partial charge in [0.15, 0.2) is 0 Å². The van der Waals surface area contributed by atoms with Crippen molar-refractivity contribution in [1.29, 1.82) is 0 Å². The van der Waals surface area contributed by atoms with Gasteiger partial charge < -0.3 is 20.1 Å². The number of likely N-dealkylation sites (N-methyl/N-ethyl adjacent to an activating group) is 1. The summed E-state index contributed by atoms with van der Waals surface area (Å²) in [5.41, 5.74) is 0.416. The van der Waals surface area contributed by atoms with Crippen LogP contribution in [0.5, 0.6) is 5.88 Å². The zero-order valence-corrected chi connectivity index (χ0v) is 23.3. The van der Waals surface area contributed by atoms with Crippen LogP contribution < -0.4 is 4.74 Å². The van der Waals surface area contributed by atoms with Gasteiger partial charge in [-0.05, 0) is 51.3 Å². The fraction of sp³-hybridized carbons (Fsp3) is 0.680. The van der Waals surface area contributed by atoms with Crippen LogP contribution in [0.4, 0.5) is 39.5 Å². The van der Waals surface area contributed by atoms with Crippen molar-refractivity contribution in [3.63, 3.8) is 0 Å². The van der Waals surface area contributed by atoms with Crippen LogP contribution in [0.15, 0.2) is 24.4 Å². The topological polar surface area (TPSA) is 140 Å². The zero-order valence-electron chi connectivity index (χ0n) is 23.3. The maximum absolute atomic E-state index is 10.6. The SMILES string of the molecule is CN1CCC(COc2ccccn2)CC12CN(C1CCCC1)C2.O=C(O)C(F)(F)F.O=C(O)C(F)(F)F.O=C(O)C(F)(F)F. The number of nitrogens with zero attached hydrogens (tertiary/aromatic N) is 3. The number of piperidine rings is 1. The molecule has 44 heavy (non-hydrogen) atoms. The van der Waals surface area contributed by atoms with Gasteiger partial charge in [-0.3, -0.25) is 9.80 Å². The molecule has 3 N–H and O–H groups in total. The number of hydrogen-bond acceptors (Lipinski definition) is 7. The predicted octanol–water partition coefficient (Wildman–Crippen LogP) is 4.70. The van der Waals surface area contributed by atoms with Gasteiger partial charge in [0.1, 0.15) is 0 Å². The van der Waals surface area contributed by atoms with Crippen LogP contribution in [0.2, 0.25) is 0 Å². The van der Waals surface area contributed by atoms with Crippen molar-refractivity contribution < 1.29 is 74.0 Å². The van der Waals surface area contributed by atoms with E-state index >= 15 is 0 Å². The largest absolute Gasteiger partial charge is 0.490 e. The van der Waals surface area contributed by atoms with E-state index in [4.69, 9.17) is 34.4 Å². The molecule has 1 unspecified atom stereocenters. The number of ether oxygens (including phenoxy) is 1. The molecule has 1 aliphatic carbocycles. The highest BCUT2D eigenvalue weighted by Crippen LogP contribution is 2.41. The van der Waals surface area contributed by atoms with Gasteiger partial charge in [-0.1, -0.05) is 18.9 Å².